The minimum absolute atomic E-state index is 0.0238. The van der Waals surface area contributed by atoms with Crippen LogP contribution in [0.1, 0.15) is 24.8 Å². The summed E-state index contributed by atoms with van der Waals surface area (Å²) >= 11 is 0. The molecule has 1 N–H and O–H groups in total. The van der Waals surface area contributed by atoms with E-state index in [4.69, 9.17) is 5.11 Å². The summed E-state index contributed by atoms with van der Waals surface area (Å²) < 4.78 is 12.7. The van der Waals surface area contributed by atoms with Crippen LogP contribution in [-0.2, 0) is 4.79 Å². The van der Waals surface area contributed by atoms with Gasteiger partial charge in [-0.15, -0.1) is 0 Å². The number of carboxylic acids is 1. The van der Waals surface area contributed by atoms with E-state index in [1.54, 1.807) is 24.3 Å². The zero-order valence-electron chi connectivity index (χ0n) is 8.48. The highest BCUT2D eigenvalue weighted by molar-refractivity contribution is 5.68. The van der Waals surface area contributed by atoms with Crippen molar-refractivity contribution in [3.8, 4) is 0 Å². The third kappa shape index (κ3) is 3.54. The third-order valence-electron chi connectivity index (χ3n) is 2.12. The molecule has 1 unspecified atom stereocenters. The Labute approximate surface area is 88.1 Å². The number of rotatable bonds is 4. The molecule has 0 heterocycles. The number of hydrogen-bond donors (Lipinski definition) is 1. The van der Waals surface area contributed by atoms with Gasteiger partial charge in [0.15, 0.2) is 0 Å². The van der Waals surface area contributed by atoms with E-state index in [0.29, 0.717) is 0 Å². The summed E-state index contributed by atoms with van der Waals surface area (Å²) in [5.74, 6) is -1.36. The molecule has 0 radical (unpaired) electrons. The lowest BCUT2D eigenvalue weighted by molar-refractivity contribution is -0.137. The van der Waals surface area contributed by atoms with Crippen molar-refractivity contribution in [2.45, 2.75) is 19.3 Å². The molecule has 1 rings (SSSR count). The van der Waals surface area contributed by atoms with Crippen LogP contribution in [0.5, 0.6) is 0 Å². The summed E-state index contributed by atoms with van der Waals surface area (Å²) in [6.45, 7) is 1.83. The van der Waals surface area contributed by atoms with E-state index in [0.717, 1.165) is 5.56 Å². The van der Waals surface area contributed by atoms with Crippen LogP contribution in [0.4, 0.5) is 4.39 Å². The first-order chi connectivity index (χ1) is 7.13. The van der Waals surface area contributed by atoms with E-state index >= 15 is 0 Å². The first-order valence-electron chi connectivity index (χ1n) is 4.73. The first-order valence-corrected chi connectivity index (χ1v) is 4.73. The fourth-order valence-electron chi connectivity index (χ4n) is 1.43. The Morgan fingerprint density at radius 3 is 2.53 bits per heavy atom. The van der Waals surface area contributed by atoms with Gasteiger partial charge >= 0.3 is 5.97 Å². The van der Waals surface area contributed by atoms with Gasteiger partial charge in [0.05, 0.1) is 6.42 Å². The van der Waals surface area contributed by atoms with Crippen molar-refractivity contribution >= 4 is 5.97 Å². The zero-order valence-corrected chi connectivity index (χ0v) is 8.48. The normalized spacial score (nSPS) is 12.9. The summed E-state index contributed by atoms with van der Waals surface area (Å²) in [6.07, 6.45) is 3.63. The number of halogens is 1. The summed E-state index contributed by atoms with van der Waals surface area (Å²) in [7, 11) is 0. The quantitative estimate of drug-likeness (QED) is 0.772. The van der Waals surface area contributed by atoms with Crippen molar-refractivity contribution in [1.29, 1.82) is 0 Å². The number of aliphatic carboxylic acids is 1. The second-order valence-electron chi connectivity index (χ2n) is 3.28. The maximum absolute atomic E-state index is 12.7. The van der Waals surface area contributed by atoms with Crippen molar-refractivity contribution in [2.24, 2.45) is 0 Å². The molecule has 15 heavy (non-hydrogen) atoms. The fraction of sp³-hybridized carbons (Fsp3) is 0.250. The Morgan fingerprint density at radius 1 is 1.47 bits per heavy atom. The van der Waals surface area contributed by atoms with Crippen LogP contribution in [0, 0.1) is 5.82 Å². The van der Waals surface area contributed by atoms with E-state index in [1.807, 2.05) is 6.92 Å². The molecule has 80 valence electrons. The van der Waals surface area contributed by atoms with Crippen LogP contribution < -0.4 is 0 Å². The second kappa shape index (κ2) is 5.29. The van der Waals surface area contributed by atoms with Crippen molar-refractivity contribution < 1.29 is 14.3 Å². The molecule has 0 fully saturated rings. The van der Waals surface area contributed by atoms with E-state index < -0.39 is 5.97 Å². The lowest BCUT2D eigenvalue weighted by Crippen LogP contribution is -2.04. The Hall–Kier alpha value is -1.64. The predicted octanol–water partition coefficient (Wildman–Crippen LogP) is 2.96. The Bertz CT molecular complexity index is 354. The number of benzene rings is 1. The molecule has 2 nitrogen and oxygen atoms in total. The van der Waals surface area contributed by atoms with Crippen molar-refractivity contribution in [2.75, 3.05) is 0 Å². The monoisotopic (exact) mass is 208 g/mol. The highest BCUT2D eigenvalue weighted by Gasteiger charge is 2.11. The maximum Gasteiger partial charge on any atom is 0.304 e. The number of hydrogen-bond acceptors (Lipinski definition) is 1. The lowest BCUT2D eigenvalue weighted by Gasteiger charge is -2.10. The van der Waals surface area contributed by atoms with Gasteiger partial charge in [0.1, 0.15) is 5.82 Å². The molecule has 0 saturated carbocycles. The van der Waals surface area contributed by atoms with Gasteiger partial charge in [-0.25, -0.2) is 4.39 Å². The van der Waals surface area contributed by atoms with E-state index in [2.05, 4.69) is 0 Å². The predicted molar refractivity (Wildman–Crippen MR) is 56.2 cm³/mol. The summed E-state index contributed by atoms with van der Waals surface area (Å²) in [5.41, 5.74) is 0.817. The highest BCUT2D eigenvalue weighted by atomic mass is 19.1. The molecule has 0 aliphatic rings. The number of carboxylic acid groups (broad SMARTS) is 1. The van der Waals surface area contributed by atoms with Crippen molar-refractivity contribution in [3.63, 3.8) is 0 Å². The molecule has 0 bridgehead atoms. The van der Waals surface area contributed by atoms with Crippen LogP contribution in [0.3, 0.4) is 0 Å². The van der Waals surface area contributed by atoms with Crippen molar-refractivity contribution in [1.82, 2.24) is 0 Å². The van der Waals surface area contributed by atoms with Gasteiger partial charge in [0.25, 0.3) is 0 Å². The zero-order chi connectivity index (χ0) is 11.3. The molecule has 0 aromatic heterocycles. The summed E-state index contributed by atoms with van der Waals surface area (Å²) in [6, 6.07) is 5.91. The molecule has 1 aromatic carbocycles. The largest absolute Gasteiger partial charge is 0.481 e. The van der Waals surface area contributed by atoms with Crippen LogP contribution in [0.15, 0.2) is 36.4 Å². The summed E-state index contributed by atoms with van der Waals surface area (Å²) in [5, 5.41) is 8.72. The molecule has 3 heteroatoms. The average molecular weight is 208 g/mol. The SMILES string of the molecule is C/C=C/C(CC(=O)O)c1ccc(F)cc1. The minimum Gasteiger partial charge on any atom is -0.481 e. The molecule has 1 aromatic rings. The standard InChI is InChI=1S/C12H13FO2/c1-2-3-10(8-12(14)15)9-4-6-11(13)7-5-9/h2-7,10H,8H2,1H3,(H,14,15)/b3-2+. The third-order valence-corrected chi connectivity index (χ3v) is 2.12. The topological polar surface area (TPSA) is 37.3 Å². The van der Waals surface area contributed by atoms with Crippen molar-refractivity contribution in [3.05, 3.63) is 47.8 Å². The maximum atomic E-state index is 12.7. The van der Waals surface area contributed by atoms with E-state index in [1.165, 1.54) is 12.1 Å². The molecule has 0 amide bonds. The van der Waals surface area contributed by atoms with Crippen LogP contribution in [0.2, 0.25) is 0 Å². The van der Waals surface area contributed by atoms with Gasteiger partial charge in [0.2, 0.25) is 0 Å². The highest BCUT2D eigenvalue weighted by Crippen LogP contribution is 2.21. The van der Waals surface area contributed by atoms with E-state index in [-0.39, 0.29) is 18.2 Å². The van der Waals surface area contributed by atoms with Gasteiger partial charge in [0, 0.05) is 5.92 Å². The van der Waals surface area contributed by atoms with Crippen LogP contribution in [0.25, 0.3) is 0 Å². The van der Waals surface area contributed by atoms with Crippen LogP contribution >= 0.6 is 0 Å². The number of carbonyl (C=O) groups is 1. The molecular weight excluding hydrogens is 195 g/mol. The molecule has 0 spiro atoms. The van der Waals surface area contributed by atoms with Crippen LogP contribution in [-0.4, -0.2) is 11.1 Å². The smallest absolute Gasteiger partial charge is 0.304 e. The van der Waals surface area contributed by atoms with Gasteiger partial charge in [-0.05, 0) is 24.6 Å². The average Bonchev–Trinajstić information content (AvgIpc) is 2.17. The lowest BCUT2D eigenvalue weighted by atomic mass is 9.95. The Morgan fingerprint density at radius 2 is 2.07 bits per heavy atom. The van der Waals surface area contributed by atoms with Gasteiger partial charge in [-0.1, -0.05) is 24.3 Å². The Kier molecular flexibility index (Phi) is 4.03. The molecule has 1 atom stereocenters. The molecule has 0 aliphatic carbocycles. The van der Waals surface area contributed by atoms with E-state index in [9.17, 15) is 9.18 Å². The number of allylic oxidation sites excluding steroid dienone is 2. The van der Waals surface area contributed by atoms with Gasteiger partial charge in [-0.2, -0.15) is 0 Å². The minimum atomic E-state index is -0.859. The van der Waals surface area contributed by atoms with Gasteiger partial charge < -0.3 is 5.11 Å². The fourth-order valence-corrected chi connectivity index (χ4v) is 1.43. The Balaban J connectivity index is 2.88. The van der Waals surface area contributed by atoms with Gasteiger partial charge in [-0.3, -0.25) is 4.79 Å². The second-order valence-corrected chi connectivity index (χ2v) is 3.28. The molecular formula is C12H13FO2. The molecule has 0 saturated heterocycles. The first kappa shape index (κ1) is 11.4. The summed E-state index contributed by atoms with van der Waals surface area (Å²) in [4.78, 5) is 10.6. The molecule has 0 aliphatic heterocycles.